The second-order valence-corrected chi connectivity index (χ2v) is 8.05. The second kappa shape index (κ2) is 8.27. The van der Waals surface area contributed by atoms with Gasteiger partial charge in [-0.15, -0.1) is 0 Å². The Morgan fingerprint density at radius 2 is 1.75 bits per heavy atom. The van der Waals surface area contributed by atoms with Crippen LogP contribution >= 0.6 is 0 Å². The summed E-state index contributed by atoms with van der Waals surface area (Å²) in [6.45, 7) is 6.11. The fourth-order valence-electron chi connectivity index (χ4n) is 3.93. The molecule has 5 nitrogen and oxygen atoms in total. The molecule has 0 saturated carbocycles. The number of benzene rings is 2. The van der Waals surface area contributed by atoms with Crippen molar-refractivity contribution in [3.05, 3.63) is 96.3 Å². The molecule has 5 rings (SSSR count). The molecule has 3 aromatic heterocycles. The van der Waals surface area contributed by atoms with E-state index < -0.39 is 0 Å². The zero-order valence-corrected chi connectivity index (χ0v) is 18.3. The van der Waals surface area contributed by atoms with Gasteiger partial charge in [0.05, 0.1) is 12.0 Å². The average Bonchev–Trinajstić information content (AvgIpc) is 3.19. The number of pyridine rings is 1. The molecule has 5 heteroatoms. The van der Waals surface area contributed by atoms with Crippen molar-refractivity contribution in [3.8, 4) is 22.4 Å². The summed E-state index contributed by atoms with van der Waals surface area (Å²) in [5, 5.41) is 4.65. The Hall–Kier alpha value is -3.99. The van der Waals surface area contributed by atoms with E-state index in [1.54, 1.807) is 12.5 Å². The van der Waals surface area contributed by atoms with Gasteiger partial charge < -0.3 is 9.73 Å². The molecule has 158 valence electrons. The summed E-state index contributed by atoms with van der Waals surface area (Å²) in [5.41, 5.74) is 7.37. The molecule has 0 spiro atoms. The van der Waals surface area contributed by atoms with Crippen molar-refractivity contribution in [2.75, 3.05) is 5.32 Å². The van der Waals surface area contributed by atoms with Gasteiger partial charge in [0, 0.05) is 35.5 Å². The molecular formula is C27H24N4O. The highest BCUT2D eigenvalue weighted by Gasteiger charge is 2.12. The predicted octanol–water partition coefficient (Wildman–Crippen LogP) is 6.74. The Morgan fingerprint density at radius 1 is 0.875 bits per heavy atom. The van der Waals surface area contributed by atoms with Crippen molar-refractivity contribution < 1.29 is 4.42 Å². The third-order valence-electron chi connectivity index (χ3n) is 5.65. The van der Waals surface area contributed by atoms with Crippen molar-refractivity contribution >= 4 is 16.8 Å². The number of nitrogens with zero attached hydrogens (tertiary/aromatic N) is 3. The third kappa shape index (κ3) is 3.97. The molecule has 0 saturated heterocycles. The van der Waals surface area contributed by atoms with Crippen molar-refractivity contribution in [1.29, 1.82) is 0 Å². The molecule has 0 amide bonds. The van der Waals surface area contributed by atoms with Crippen LogP contribution in [0.5, 0.6) is 0 Å². The highest BCUT2D eigenvalue weighted by molar-refractivity contribution is 5.85. The van der Waals surface area contributed by atoms with Crippen molar-refractivity contribution in [2.45, 2.75) is 26.8 Å². The van der Waals surface area contributed by atoms with Crippen LogP contribution in [-0.4, -0.2) is 15.0 Å². The minimum atomic E-state index is 0.0763. The van der Waals surface area contributed by atoms with Crippen LogP contribution in [0.15, 0.2) is 83.7 Å². The molecule has 0 radical (unpaired) electrons. The van der Waals surface area contributed by atoms with Crippen LogP contribution in [0.3, 0.4) is 0 Å². The van der Waals surface area contributed by atoms with E-state index in [1.165, 1.54) is 5.56 Å². The van der Waals surface area contributed by atoms with Crippen LogP contribution in [0.2, 0.25) is 0 Å². The Kier molecular flexibility index (Phi) is 5.15. The van der Waals surface area contributed by atoms with E-state index in [0.717, 1.165) is 50.6 Å². The average molecular weight is 421 g/mol. The molecular weight excluding hydrogens is 396 g/mol. The highest BCUT2D eigenvalue weighted by Crippen LogP contribution is 2.29. The van der Waals surface area contributed by atoms with Crippen LogP contribution < -0.4 is 5.32 Å². The fraction of sp³-hybridized carbons (Fsp3) is 0.148. The van der Waals surface area contributed by atoms with Gasteiger partial charge in [-0.05, 0) is 73.4 Å². The van der Waals surface area contributed by atoms with Crippen LogP contribution in [0.4, 0.5) is 5.82 Å². The summed E-state index contributed by atoms with van der Waals surface area (Å²) in [5.74, 6) is 1.53. The van der Waals surface area contributed by atoms with Gasteiger partial charge in [0.1, 0.15) is 17.2 Å². The minimum Gasteiger partial charge on any atom is -0.464 e. The summed E-state index contributed by atoms with van der Waals surface area (Å²) < 4.78 is 5.58. The van der Waals surface area contributed by atoms with Gasteiger partial charge in [0.25, 0.3) is 0 Å². The van der Waals surface area contributed by atoms with E-state index in [0.29, 0.717) is 0 Å². The maximum Gasteiger partial charge on any atom is 0.134 e. The third-order valence-corrected chi connectivity index (χ3v) is 5.65. The first-order valence-corrected chi connectivity index (χ1v) is 10.7. The molecule has 1 atom stereocenters. The summed E-state index contributed by atoms with van der Waals surface area (Å²) in [7, 11) is 0. The number of nitrogens with one attached hydrogen (secondary N) is 1. The first-order valence-electron chi connectivity index (χ1n) is 10.7. The molecule has 2 aromatic carbocycles. The van der Waals surface area contributed by atoms with Crippen LogP contribution in [0, 0.1) is 13.8 Å². The lowest BCUT2D eigenvalue weighted by Gasteiger charge is -2.17. The summed E-state index contributed by atoms with van der Waals surface area (Å²) >= 11 is 0. The lowest BCUT2D eigenvalue weighted by atomic mass is 10.0. The summed E-state index contributed by atoms with van der Waals surface area (Å²) in [6.07, 6.45) is 5.46. The number of hydrogen-bond donors (Lipinski definition) is 1. The number of aromatic nitrogens is 3. The van der Waals surface area contributed by atoms with E-state index in [1.807, 2.05) is 37.4 Å². The Morgan fingerprint density at radius 3 is 2.59 bits per heavy atom. The van der Waals surface area contributed by atoms with Crippen LogP contribution in [0.25, 0.3) is 33.4 Å². The number of rotatable bonds is 5. The second-order valence-electron chi connectivity index (χ2n) is 8.05. The zero-order chi connectivity index (χ0) is 22.1. The van der Waals surface area contributed by atoms with Crippen LogP contribution in [0.1, 0.15) is 29.9 Å². The van der Waals surface area contributed by atoms with Gasteiger partial charge >= 0.3 is 0 Å². The molecule has 0 bridgehead atoms. The fourth-order valence-corrected chi connectivity index (χ4v) is 3.93. The van der Waals surface area contributed by atoms with E-state index >= 15 is 0 Å². The standard InChI is InChI=1S/C27H24N4O/c1-17-16-32-26-10-9-22(13-24(17)26)25-14-27(31-19(3)30-25)29-18(2)20-6-4-7-21(12-20)23-8-5-11-28-15-23/h4-16,18H,1-3H3,(H,29,30,31)/t18-/m0/s1. The molecule has 3 heterocycles. The largest absolute Gasteiger partial charge is 0.464 e. The Bertz CT molecular complexity index is 1390. The lowest BCUT2D eigenvalue weighted by molar-refractivity contribution is 0.613. The van der Waals surface area contributed by atoms with Gasteiger partial charge in [-0.2, -0.15) is 0 Å². The molecule has 0 aliphatic rings. The van der Waals surface area contributed by atoms with E-state index in [4.69, 9.17) is 4.42 Å². The van der Waals surface area contributed by atoms with Gasteiger partial charge in [0.2, 0.25) is 0 Å². The van der Waals surface area contributed by atoms with Crippen molar-refractivity contribution in [2.24, 2.45) is 0 Å². The SMILES string of the molecule is Cc1nc(N[C@@H](C)c2cccc(-c3cccnc3)c2)cc(-c2ccc3occ(C)c3c2)n1. The van der Waals surface area contributed by atoms with Gasteiger partial charge in [-0.25, -0.2) is 9.97 Å². The smallest absolute Gasteiger partial charge is 0.134 e. The van der Waals surface area contributed by atoms with E-state index in [2.05, 4.69) is 70.5 Å². The number of furan rings is 1. The molecule has 0 unspecified atom stereocenters. The van der Waals surface area contributed by atoms with Crippen LogP contribution in [-0.2, 0) is 0 Å². The molecule has 0 aliphatic carbocycles. The van der Waals surface area contributed by atoms with Crippen molar-refractivity contribution in [3.63, 3.8) is 0 Å². The maximum absolute atomic E-state index is 5.58. The first kappa shape index (κ1) is 19.9. The minimum absolute atomic E-state index is 0.0763. The molecule has 1 N–H and O–H groups in total. The zero-order valence-electron chi connectivity index (χ0n) is 18.3. The van der Waals surface area contributed by atoms with Gasteiger partial charge in [-0.1, -0.05) is 24.3 Å². The topological polar surface area (TPSA) is 63.8 Å². The summed E-state index contributed by atoms with van der Waals surface area (Å²) in [6, 6.07) is 20.8. The Balaban J connectivity index is 1.43. The predicted molar refractivity (Wildman–Crippen MR) is 128 cm³/mol. The van der Waals surface area contributed by atoms with Crippen molar-refractivity contribution in [1.82, 2.24) is 15.0 Å². The molecule has 0 aliphatic heterocycles. The van der Waals surface area contributed by atoms with Gasteiger partial charge in [-0.3, -0.25) is 4.98 Å². The number of anilines is 1. The quantitative estimate of drug-likeness (QED) is 0.341. The molecule has 32 heavy (non-hydrogen) atoms. The van der Waals surface area contributed by atoms with E-state index in [-0.39, 0.29) is 6.04 Å². The molecule has 5 aromatic rings. The monoisotopic (exact) mass is 420 g/mol. The number of aryl methyl sites for hydroxylation is 2. The Labute approximate surface area is 187 Å². The molecule has 0 fully saturated rings. The van der Waals surface area contributed by atoms with E-state index in [9.17, 15) is 0 Å². The van der Waals surface area contributed by atoms with Gasteiger partial charge in [0.15, 0.2) is 0 Å². The normalized spacial score (nSPS) is 12.1. The number of hydrogen-bond acceptors (Lipinski definition) is 5. The maximum atomic E-state index is 5.58. The number of fused-ring (bicyclic) bond motifs is 1. The first-order chi connectivity index (χ1) is 15.6. The lowest BCUT2D eigenvalue weighted by Crippen LogP contribution is -2.09. The highest BCUT2D eigenvalue weighted by atomic mass is 16.3. The summed E-state index contributed by atoms with van der Waals surface area (Å²) in [4.78, 5) is 13.5.